The van der Waals surface area contributed by atoms with Crippen molar-refractivity contribution in [3.63, 3.8) is 0 Å². The Labute approximate surface area is 224 Å². The Morgan fingerprint density at radius 2 is 1.89 bits per heavy atom. The lowest BCUT2D eigenvalue weighted by molar-refractivity contribution is -0.144. The summed E-state index contributed by atoms with van der Waals surface area (Å²) in [6.07, 6.45) is 5.97. The lowest BCUT2D eigenvalue weighted by atomic mass is 9.51. The normalized spacial score (nSPS) is 33.6. The minimum Gasteiger partial charge on any atom is -0.392 e. The predicted molar refractivity (Wildman–Crippen MR) is 148 cm³/mol. The van der Waals surface area contributed by atoms with Crippen LogP contribution in [0.3, 0.4) is 0 Å². The first-order valence-electron chi connectivity index (χ1n) is 13.6. The Kier molecular flexibility index (Phi) is 10.7. The van der Waals surface area contributed by atoms with Crippen molar-refractivity contribution < 1.29 is 29.6 Å². The summed E-state index contributed by atoms with van der Waals surface area (Å²) < 4.78 is 11.6. The van der Waals surface area contributed by atoms with Crippen LogP contribution in [-0.2, 0) is 14.3 Å². The van der Waals surface area contributed by atoms with E-state index < -0.39 is 29.3 Å². The Balaban J connectivity index is 2.30. The van der Waals surface area contributed by atoms with Gasteiger partial charge in [0.15, 0.2) is 12.1 Å². The van der Waals surface area contributed by atoms with Crippen LogP contribution in [0.2, 0.25) is 0 Å². The van der Waals surface area contributed by atoms with Crippen LogP contribution in [0.1, 0.15) is 81.1 Å². The number of hydrogen-bond acceptors (Lipinski definition) is 6. The maximum absolute atomic E-state index is 13.8. The van der Waals surface area contributed by atoms with Crippen LogP contribution in [0, 0.1) is 22.2 Å². The first-order valence-corrected chi connectivity index (χ1v) is 13.6. The minimum absolute atomic E-state index is 0.0253. The Hall–Kier alpha value is -1.57. The molecule has 7 atom stereocenters. The first kappa shape index (κ1) is 31.6. The molecule has 1 fully saturated rings. The summed E-state index contributed by atoms with van der Waals surface area (Å²) in [6, 6.07) is 0. The van der Waals surface area contributed by atoms with Crippen molar-refractivity contribution in [2.45, 2.75) is 106 Å². The molecule has 0 spiro atoms. The fourth-order valence-corrected chi connectivity index (χ4v) is 6.20. The molecule has 0 radical (unpaired) electrons. The molecule has 0 aromatic heterocycles. The fourth-order valence-electron chi connectivity index (χ4n) is 6.20. The topological polar surface area (TPSA) is 96.2 Å². The quantitative estimate of drug-likeness (QED) is 0.207. The molecule has 0 saturated carbocycles. The molecule has 0 amide bonds. The maximum atomic E-state index is 13.8. The zero-order valence-electron chi connectivity index (χ0n) is 24.2. The van der Waals surface area contributed by atoms with Gasteiger partial charge in [-0.25, -0.2) is 0 Å². The molecular formula is C31H50O6. The third kappa shape index (κ3) is 6.36. The zero-order valence-corrected chi connectivity index (χ0v) is 24.2. The molecular weight excluding hydrogens is 468 g/mol. The second-order valence-corrected chi connectivity index (χ2v) is 12.1. The van der Waals surface area contributed by atoms with Gasteiger partial charge in [-0.3, -0.25) is 4.79 Å². The van der Waals surface area contributed by atoms with E-state index in [1.165, 1.54) is 0 Å². The molecule has 2 aliphatic rings. The first-order chi connectivity index (χ1) is 17.2. The van der Waals surface area contributed by atoms with Crippen LogP contribution in [0.4, 0.5) is 0 Å². The van der Waals surface area contributed by atoms with E-state index >= 15 is 0 Å². The van der Waals surface area contributed by atoms with Gasteiger partial charge in [-0.2, -0.15) is 0 Å². The van der Waals surface area contributed by atoms with Crippen molar-refractivity contribution in [1.82, 2.24) is 0 Å². The van der Waals surface area contributed by atoms with Gasteiger partial charge in [0.2, 0.25) is 0 Å². The highest BCUT2D eigenvalue weighted by Crippen LogP contribution is 2.58. The zero-order chi connectivity index (χ0) is 28.2. The number of ether oxygens (including phenoxy) is 2. The second-order valence-electron chi connectivity index (χ2n) is 12.1. The number of hydrogen-bond donors (Lipinski definition) is 3. The summed E-state index contributed by atoms with van der Waals surface area (Å²) in [5.41, 5.74) is 0.511. The van der Waals surface area contributed by atoms with Crippen molar-refractivity contribution in [2.24, 2.45) is 22.2 Å². The molecule has 2 rings (SSSR count). The predicted octanol–water partition coefficient (Wildman–Crippen LogP) is 5.28. The van der Waals surface area contributed by atoms with Crippen LogP contribution >= 0.6 is 0 Å². The average molecular weight is 519 g/mol. The molecule has 0 aromatic rings. The highest BCUT2D eigenvalue weighted by molar-refractivity contribution is 5.92. The van der Waals surface area contributed by atoms with Crippen LogP contribution in [0.15, 0.2) is 47.6 Å². The SMILES string of the molecule is C=C/C=C\C(=C/C)C(O)OC[C@@H](C)[C@]1(C)CCC(C)=C([C@@H](O)C(=O)[C@@]2(C)CCO[C@@H](C)C[C@@H]2O)C1(C)C. The monoisotopic (exact) mass is 518 g/mol. The molecule has 37 heavy (non-hydrogen) atoms. The molecule has 6 heteroatoms. The Morgan fingerprint density at radius 3 is 2.49 bits per heavy atom. The van der Waals surface area contributed by atoms with Crippen LogP contribution in [0.25, 0.3) is 0 Å². The van der Waals surface area contributed by atoms with E-state index in [4.69, 9.17) is 9.47 Å². The van der Waals surface area contributed by atoms with E-state index in [1.807, 2.05) is 26.8 Å². The average Bonchev–Trinajstić information content (AvgIpc) is 2.97. The van der Waals surface area contributed by atoms with Gasteiger partial charge < -0.3 is 24.8 Å². The van der Waals surface area contributed by atoms with Crippen LogP contribution in [-0.4, -0.2) is 58.9 Å². The molecule has 0 aromatic carbocycles. The number of carbonyl (C=O) groups is 1. The molecule has 210 valence electrons. The van der Waals surface area contributed by atoms with Crippen molar-refractivity contribution >= 4 is 5.78 Å². The molecule has 0 bridgehead atoms. The van der Waals surface area contributed by atoms with Crippen molar-refractivity contribution in [1.29, 1.82) is 0 Å². The standard InChI is InChI=1S/C31H50O6/c1-10-12-13-23(11-2)28(35)37-19-21(4)31(9)15-14-20(3)25(29(31,6)7)26(33)27(34)30(8)16-17-36-22(5)18-24(30)32/h10-13,21-22,24,26,28,32-33,35H,1,14-19H2,2-9H3/b13-12-,23-11+/t21-,22+,24+,26-,28?,30+,31+/m1/s1. The number of allylic oxidation sites excluding steroid dienone is 4. The van der Waals surface area contributed by atoms with Gasteiger partial charge in [-0.15, -0.1) is 0 Å². The van der Waals surface area contributed by atoms with Gasteiger partial charge in [-0.05, 0) is 69.3 Å². The largest absolute Gasteiger partial charge is 0.392 e. The van der Waals surface area contributed by atoms with E-state index in [0.29, 0.717) is 31.6 Å². The summed E-state index contributed by atoms with van der Waals surface area (Å²) in [4.78, 5) is 13.8. The number of Topliss-reactive ketones (excluding diaryl/α,β-unsaturated/α-hetero) is 1. The van der Waals surface area contributed by atoms with E-state index in [-0.39, 0.29) is 23.2 Å². The molecule has 1 saturated heterocycles. The summed E-state index contributed by atoms with van der Waals surface area (Å²) in [7, 11) is 0. The molecule has 6 nitrogen and oxygen atoms in total. The lowest BCUT2D eigenvalue weighted by Gasteiger charge is -2.54. The van der Waals surface area contributed by atoms with E-state index in [2.05, 4.69) is 34.3 Å². The summed E-state index contributed by atoms with van der Waals surface area (Å²) in [5.74, 6) is -0.312. The summed E-state index contributed by atoms with van der Waals surface area (Å²) in [6.45, 7) is 20.3. The van der Waals surface area contributed by atoms with Crippen LogP contribution in [0.5, 0.6) is 0 Å². The lowest BCUT2D eigenvalue weighted by Crippen LogP contribution is -2.53. The number of ketones is 1. The minimum atomic E-state index is -1.31. The molecule has 1 aliphatic heterocycles. The van der Waals surface area contributed by atoms with E-state index in [0.717, 1.165) is 24.0 Å². The smallest absolute Gasteiger partial charge is 0.180 e. The summed E-state index contributed by atoms with van der Waals surface area (Å²) in [5, 5.41) is 33.1. The van der Waals surface area contributed by atoms with Crippen molar-refractivity contribution in [3.05, 3.63) is 47.6 Å². The second kappa shape index (κ2) is 12.5. The number of aliphatic hydroxyl groups is 3. The fraction of sp³-hybridized carbons (Fsp3) is 0.710. The van der Waals surface area contributed by atoms with Gasteiger partial charge in [0.05, 0.1) is 24.2 Å². The van der Waals surface area contributed by atoms with Gasteiger partial charge >= 0.3 is 0 Å². The molecule has 1 heterocycles. The highest BCUT2D eigenvalue weighted by atomic mass is 16.6. The van der Waals surface area contributed by atoms with Gasteiger partial charge in [0.25, 0.3) is 0 Å². The highest BCUT2D eigenvalue weighted by Gasteiger charge is 2.54. The van der Waals surface area contributed by atoms with E-state index in [9.17, 15) is 20.1 Å². The van der Waals surface area contributed by atoms with Crippen molar-refractivity contribution in [3.8, 4) is 0 Å². The number of aliphatic hydroxyl groups excluding tert-OH is 3. The van der Waals surface area contributed by atoms with Gasteiger partial charge in [0.1, 0.15) is 6.10 Å². The molecule has 1 unspecified atom stereocenters. The van der Waals surface area contributed by atoms with E-state index in [1.54, 1.807) is 25.2 Å². The molecule has 3 N–H and O–H groups in total. The number of rotatable bonds is 10. The van der Waals surface area contributed by atoms with Crippen LogP contribution < -0.4 is 0 Å². The van der Waals surface area contributed by atoms with Gasteiger partial charge in [-0.1, -0.05) is 64.2 Å². The molecule has 1 aliphatic carbocycles. The summed E-state index contributed by atoms with van der Waals surface area (Å²) >= 11 is 0. The van der Waals surface area contributed by atoms with Crippen molar-refractivity contribution in [2.75, 3.05) is 13.2 Å². The van der Waals surface area contributed by atoms with Gasteiger partial charge in [0, 0.05) is 18.6 Å². The maximum Gasteiger partial charge on any atom is 0.180 e. The third-order valence-corrected chi connectivity index (χ3v) is 9.61. The third-order valence-electron chi connectivity index (χ3n) is 9.61. The number of carbonyl (C=O) groups excluding carboxylic acids is 1. The Bertz CT molecular complexity index is 915. The Morgan fingerprint density at radius 1 is 1.24 bits per heavy atom.